The summed E-state index contributed by atoms with van der Waals surface area (Å²) in [5.41, 5.74) is 0.984. The van der Waals surface area contributed by atoms with Gasteiger partial charge >= 0.3 is 0 Å². The van der Waals surface area contributed by atoms with E-state index in [-0.39, 0.29) is 5.54 Å². The number of benzene rings is 1. The molecule has 19 heavy (non-hydrogen) atoms. The van der Waals surface area contributed by atoms with Gasteiger partial charge in [-0.25, -0.2) is 0 Å². The van der Waals surface area contributed by atoms with E-state index < -0.39 is 0 Å². The van der Waals surface area contributed by atoms with Gasteiger partial charge in [0.1, 0.15) is 5.54 Å². The summed E-state index contributed by atoms with van der Waals surface area (Å²) in [6.45, 7) is 4.25. The lowest BCUT2D eigenvalue weighted by molar-refractivity contribution is 0.414. The minimum absolute atomic E-state index is 0.371. The summed E-state index contributed by atoms with van der Waals surface area (Å²) in [6, 6.07) is 13.6. The highest BCUT2D eigenvalue weighted by Gasteiger charge is 2.33. The molecule has 102 valence electrons. The second kappa shape index (κ2) is 6.45. The van der Waals surface area contributed by atoms with Gasteiger partial charge in [0, 0.05) is 17.0 Å². The molecule has 0 saturated heterocycles. The number of rotatable bonds is 7. The molecule has 3 heteroatoms. The highest BCUT2D eigenvalue weighted by molar-refractivity contribution is 7.99. The van der Waals surface area contributed by atoms with Crippen LogP contribution in [0.5, 0.6) is 0 Å². The maximum absolute atomic E-state index is 9.37. The third kappa shape index (κ3) is 4.89. The fourth-order valence-corrected chi connectivity index (χ4v) is 3.38. The van der Waals surface area contributed by atoms with Crippen LogP contribution in [0.4, 0.5) is 0 Å². The maximum Gasteiger partial charge on any atom is 0.105 e. The third-order valence-corrected chi connectivity index (χ3v) is 4.66. The normalized spacial score (nSPS) is 19.4. The standard InChI is InChI=1S/C16H22N2S/c1-13(19-11-14-6-4-3-5-7-14)10-16(2,12-17)18-15-8-9-15/h3-7,13,15,18H,8-11H2,1-2H3. The third-order valence-electron chi connectivity index (χ3n) is 3.42. The zero-order valence-corrected chi connectivity index (χ0v) is 12.5. The predicted octanol–water partition coefficient (Wildman–Crippen LogP) is 3.73. The largest absolute Gasteiger partial charge is 0.297 e. The van der Waals surface area contributed by atoms with E-state index in [1.54, 1.807) is 0 Å². The molecule has 1 fully saturated rings. The molecule has 0 aromatic heterocycles. The first kappa shape index (κ1) is 14.4. The molecule has 1 aliphatic carbocycles. The van der Waals surface area contributed by atoms with E-state index in [1.807, 2.05) is 24.8 Å². The van der Waals surface area contributed by atoms with Crippen LogP contribution in [0.2, 0.25) is 0 Å². The summed E-state index contributed by atoms with van der Waals surface area (Å²) in [4.78, 5) is 0. The number of thioether (sulfide) groups is 1. The van der Waals surface area contributed by atoms with Crippen molar-refractivity contribution in [3.8, 4) is 6.07 Å². The van der Waals surface area contributed by atoms with Gasteiger partial charge in [-0.3, -0.25) is 5.32 Å². The molecule has 0 bridgehead atoms. The molecular formula is C16H22N2S. The molecule has 1 saturated carbocycles. The Morgan fingerprint density at radius 3 is 2.68 bits per heavy atom. The van der Waals surface area contributed by atoms with Gasteiger partial charge in [0.05, 0.1) is 6.07 Å². The lowest BCUT2D eigenvalue weighted by Crippen LogP contribution is -2.44. The van der Waals surface area contributed by atoms with Crippen LogP contribution in [0, 0.1) is 11.3 Å². The van der Waals surface area contributed by atoms with Crippen molar-refractivity contribution >= 4 is 11.8 Å². The summed E-state index contributed by atoms with van der Waals surface area (Å²) >= 11 is 1.93. The zero-order chi connectivity index (χ0) is 13.7. The monoisotopic (exact) mass is 274 g/mol. The van der Waals surface area contributed by atoms with Crippen molar-refractivity contribution in [2.45, 2.75) is 55.7 Å². The molecule has 1 aliphatic rings. The number of hydrogen-bond acceptors (Lipinski definition) is 3. The second-order valence-corrected chi connectivity index (χ2v) is 7.10. The van der Waals surface area contributed by atoms with E-state index in [4.69, 9.17) is 0 Å². The fourth-order valence-electron chi connectivity index (χ4n) is 2.26. The van der Waals surface area contributed by atoms with Gasteiger partial charge in [-0.2, -0.15) is 17.0 Å². The minimum Gasteiger partial charge on any atom is -0.297 e. The van der Waals surface area contributed by atoms with Gasteiger partial charge in [-0.1, -0.05) is 37.3 Å². The quantitative estimate of drug-likeness (QED) is 0.823. The second-order valence-electron chi connectivity index (χ2n) is 5.67. The van der Waals surface area contributed by atoms with Crippen molar-refractivity contribution in [1.82, 2.24) is 5.32 Å². The summed E-state index contributed by atoms with van der Waals surface area (Å²) in [7, 11) is 0. The number of nitriles is 1. The number of nitrogens with zero attached hydrogens (tertiary/aromatic N) is 1. The van der Waals surface area contributed by atoms with E-state index in [1.165, 1.54) is 18.4 Å². The molecule has 0 radical (unpaired) electrons. The van der Waals surface area contributed by atoms with Crippen molar-refractivity contribution in [1.29, 1.82) is 5.26 Å². The van der Waals surface area contributed by atoms with Crippen LogP contribution in [0.25, 0.3) is 0 Å². The van der Waals surface area contributed by atoms with Crippen molar-refractivity contribution in [2.75, 3.05) is 0 Å². The van der Waals surface area contributed by atoms with Gasteiger partial charge in [-0.15, -0.1) is 0 Å². The van der Waals surface area contributed by atoms with Crippen LogP contribution in [-0.4, -0.2) is 16.8 Å². The minimum atomic E-state index is -0.371. The summed E-state index contributed by atoms with van der Waals surface area (Å²) in [6.07, 6.45) is 3.35. The van der Waals surface area contributed by atoms with Crippen LogP contribution in [0.1, 0.15) is 38.7 Å². The molecule has 0 aliphatic heterocycles. The summed E-state index contributed by atoms with van der Waals surface area (Å²) in [5, 5.41) is 13.3. The van der Waals surface area contributed by atoms with E-state index in [0.29, 0.717) is 11.3 Å². The predicted molar refractivity (Wildman–Crippen MR) is 82.0 cm³/mol. The van der Waals surface area contributed by atoms with Crippen molar-refractivity contribution in [2.24, 2.45) is 0 Å². The fraction of sp³-hybridized carbons (Fsp3) is 0.562. The topological polar surface area (TPSA) is 35.8 Å². The smallest absolute Gasteiger partial charge is 0.105 e. The van der Waals surface area contributed by atoms with Gasteiger partial charge < -0.3 is 0 Å². The molecule has 0 spiro atoms. The first-order valence-electron chi connectivity index (χ1n) is 6.96. The van der Waals surface area contributed by atoms with Crippen molar-refractivity contribution in [3.05, 3.63) is 35.9 Å². The van der Waals surface area contributed by atoms with E-state index in [0.717, 1.165) is 12.2 Å². The summed E-state index contributed by atoms with van der Waals surface area (Å²) in [5.74, 6) is 1.02. The van der Waals surface area contributed by atoms with Crippen LogP contribution in [-0.2, 0) is 5.75 Å². The molecule has 2 unspecified atom stereocenters. The van der Waals surface area contributed by atoms with Crippen LogP contribution in [0.3, 0.4) is 0 Å². The number of nitrogens with one attached hydrogen (secondary N) is 1. The number of hydrogen-bond donors (Lipinski definition) is 1. The Morgan fingerprint density at radius 1 is 1.42 bits per heavy atom. The molecule has 1 aromatic carbocycles. The van der Waals surface area contributed by atoms with E-state index in [2.05, 4.69) is 42.6 Å². The van der Waals surface area contributed by atoms with Crippen LogP contribution >= 0.6 is 11.8 Å². The van der Waals surface area contributed by atoms with E-state index in [9.17, 15) is 5.26 Å². The average molecular weight is 274 g/mol. The Labute approximate surface area is 120 Å². The molecule has 1 aromatic rings. The van der Waals surface area contributed by atoms with Gasteiger partial charge in [0.15, 0.2) is 0 Å². The Hall–Kier alpha value is -0.980. The Kier molecular flexibility index (Phi) is 4.90. The average Bonchev–Trinajstić information content (AvgIpc) is 3.21. The molecule has 0 heterocycles. The Morgan fingerprint density at radius 2 is 2.11 bits per heavy atom. The lowest BCUT2D eigenvalue weighted by atomic mass is 9.98. The van der Waals surface area contributed by atoms with Gasteiger partial charge in [0.2, 0.25) is 0 Å². The molecular weight excluding hydrogens is 252 g/mol. The van der Waals surface area contributed by atoms with E-state index >= 15 is 0 Å². The maximum atomic E-state index is 9.37. The first-order valence-corrected chi connectivity index (χ1v) is 8.01. The van der Waals surface area contributed by atoms with Crippen molar-refractivity contribution < 1.29 is 0 Å². The SMILES string of the molecule is CC(CC(C)(C#N)NC1CC1)SCc1ccccc1. The molecule has 2 atom stereocenters. The molecule has 1 N–H and O–H groups in total. The summed E-state index contributed by atoms with van der Waals surface area (Å²) < 4.78 is 0. The highest BCUT2D eigenvalue weighted by Crippen LogP contribution is 2.28. The first-order chi connectivity index (χ1) is 9.11. The molecule has 2 nitrogen and oxygen atoms in total. The molecule has 0 amide bonds. The van der Waals surface area contributed by atoms with Gasteiger partial charge in [0.25, 0.3) is 0 Å². The lowest BCUT2D eigenvalue weighted by Gasteiger charge is -2.26. The highest BCUT2D eigenvalue weighted by atomic mass is 32.2. The van der Waals surface area contributed by atoms with Gasteiger partial charge in [-0.05, 0) is 31.7 Å². The molecule has 2 rings (SSSR count). The van der Waals surface area contributed by atoms with Crippen molar-refractivity contribution in [3.63, 3.8) is 0 Å². The Balaban J connectivity index is 1.79. The van der Waals surface area contributed by atoms with Crippen LogP contribution < -0.4 is 5.32 Å². The Bertz CT molecular complexity index is 436. The van der Waals surface area contributed by atoms with Crippen LogP contribution in [0.15, 0.2) is 30.3 Å². The zero-order valence-electron chi connectivity index (χ0n) is 11.7.